The average Bonchev–Trinajstić information content (AvgIpc) is 3.05. The zero-order valence-corrected chi connectivity index (χ0v) is 25.6. The molecule has 2 N–H and O–H groups in total. The summed E-state index contributed by atoms with van der Waals surface area (Å²) in [6.45, 7) is 21.3. The third-order valence-electron chi connectivity index (χ3n) is 8.45. The van der Waals surface area contributed by atoms with Crippen LogP contribution in [0.1, 0.15) is 74.1 Å². The molecule has 206 valence electrons. The van der Waals surface area contributed by atoms with Gasteiger partial charge in [-0.05, 0) is 35.0 Å². The van der Waals surface area contributed by atoms with E-state index in [0.717, 1.165) is 0 Å². The summed E-state index contributed by atoms with van der Waals surface area (Å²) in [5.41, 5.74) is -0.721. The molecular weight excluding hydrogens is 496 g/mol. The van der Waals surface area contributed by atoms with Crippen LogP contribution in [0.25, 0.3) is 0 Å². The third kappa shape index (κ3) is 4.76. The number of ether oxygens (including phenoxy) is 1. The molecule has 1 spiro atoms. The fraction of sp³-hybridized carbons (Fsp3) is 0.840. The lowest BCUT2D eigenvalue weighted by atomic mass is 9.83. The number of aryl methyl sites for hydroxylation is 1. The Hall–Kier alpha value is -1.09. The van der Waals surface area contributed by atoms with Crippen molar-refractivity contribution in [2.45, 2.75) is 103 Å². The van der Waals surface area contributed by atoms with Gasteiger partial charge in [0.1, 0.15) is 11.8 Å². The molecule has 3 atom stereocenters. The molecule has 2 fully saturated rings. The third-order valence-corrected chi connectivity index (χ3v) is 18.6. The summed E-state index contributed by atoms with van der Waals surface area (Å²) < 4.78 is 29.2. The summed E-state index contributed by atoms with van der Waals surface area (Å²) in [5.74, 6) is -0.564. The number of hydrogen-bond acceptors (Lipinski definition) is 7. The molecule has 0 aromatic carbocycles. The fourth-order valence-corrected chi connectivity index (χ4v) is 17.2. The van der Waals surface area contributed by atoms with Crippen molar-refractivity contribution >= 4 is 17.1 Å². The van der Waals surface area contributed by atoms with Crippen molar-refractivity contribution in [1.29, 1.82) is 0 Å². The minimum Gasteiger partial charge on any atom is -0.414 e. The zero-order chi connectivity index (χ0) is 27.2. The summed E-state index contributed by atoms with van der Waals surface area (Å²) in [6, 6.07) is 0. The Balaban J connectivity index is 2.15. The Labute approximate surface area is 217 Å². The van der Waals surface area contributed by atoms with Gasteiger partial charge in [-0.15, -0.1) is 0 Å². The first-order valence-corrected chi connectivity index (χ1v) is 17.2. The van der Waals surface area contributed by atoms with E-state index in [1.165, 1.54) is 10.8 Å². The van der Waals surface area contributed by atoms with Gasteiger partial charge in [0.25, 0.3) is 5.56 Å². The molecule has 0 aliphatic carbocycles. The quantitative estimate of drug-likeness (QED) is 0.524. The van der Waals surface area contributed by atoms with E-state index in [9.17, 15) is 14.7 Å². The molecule has 0 radical (unpaired) electrons. The molecule has 36 heavy (non-hydrogen) atoms. The Morgan fingerprint density at radius 1 is 1.00 bits per heavy atom. The Morgan fingerprint density at radius 2 is 1.47 bits per heavy atom. The van der Waals surface area contributed by atoms with E-state index in [1.807, 2.05) is 6.92 Å². The summed E-state index contributed by atoms with van der Waals surface area (Å²) in [7, 11) is -5.57. The molecular formula is C25H46N2O7Si2. The topological polar surface area (TPSA) is 112 Å². The van der Waals surface area contributed by atoms with E-state index in [4.69, 9.17) is 17.7 Å². The van der Waals surface area contributed by atoms with Crippen LogP contribution in [0.4, 0.5) is 0 Å². The van der Waals surface area contributed by atoms with E-state index in [-0.39, 0.29) is 53.8 Å². The number of rotatable bonds is 6. The second-order valence-electron chi connectivity index (χ2n) is 11.9. The molecule has 2 aliphatic heterocycles. The molecule has 2 aliphatic rings. The molecule has 0 bridgehead atoms. The number of hydrogen-bond donors (Lipinski definition) is 2. The van der Waals surface area contributed by atoms with Gasteiger partial charge in [-0.3, -0.25) is 14.3 Å². The number of nitrogens with zero attached hydrogens (tertiary/aromatic N) is 1. The van der Waals surface area contributed by atoms with Gasteiger partial charge in [-0.2, -0.15) is 0 Å². The summed E-state index contributed by atoms with van der Waals surface area (Å²) in [5, 5.41) is 10.4. The smallest absolute Gasteiger partial charge is 0.334 e. The zero-order valence-electron chi connectivity index (χ0n) is 23.6. The van der Waals surface area contributed by atoms with Crippen molar-refractivity contribution in [2.24, 2.45) is 11.8 Å². The second kappa shape index (κ2) is 10.6. The lowest BCUT2D eigenvalue weighted by molar-refractivity contribution is -0.141. The van der Waals surface area contributed by atoms with Crippen LogP contribution in [-0.2, 0) is 17.7 Å². The van der Waals surface area contributed by atoms with Crippen LogP contribution in [0.5, 0.6) is 0 Å². The predicted octanol–water partition coefficient (Wildman–Crippen LogP) is 3.95. The molecule has 3 heterocycles. The molecule has 3 rings (SSSR count). The van der Waals surface area contributed by atoms with Crippen LogP contribution in [0.2, 0.25) is 22.2 Å². The molecule has 1 unspecified atom stereocenters. The maximum absolute atomic E-state index is 12.8. The highest BCUT2D eigenvalue weighted by molar-refractivity contribution is 6.83. The van der Waals surface area contributed by atoms with Gasteiger partial charge in [0.2, 0.25) is 0 Å². The van der Waals surface area contributed by atoms with Crippen LogP contribution < -0.4 is 11.2 Å². The molecule has 1 aromatic heterocycles. The van der Waals surface area contributed by atoms with Crippen LogP contribution in [0.3, 0.4) is 0 Å². The fourth-order valence-electron chi connectivity index (χ4n) is 5.98. The van der Waals surface area contributed by atoms with Crippen LogP contribution in [0, 0.1) is 18.8 Å². The minimum absolute atomic E-state index is 0.178. The molecule has 11 heteroatoms. The summed E-state index contributed by atoms with van der Waals surface area (Å²) in [4.78, 5) is 27.1. The van der Waals surface area contributed by atoms with Gasteiger partial charge < -0.3 is 22.8 Å². The summed E-state index contributed by atoms with van der Waals surface area (Å²) >= 11 is 0. The standard InChI is InChI=1S/C25H46N2O7Si2/c1-15(2)35(16(3)4)31-13-25(14-32-36(34-35,17(5)6)18(7)8)20(10)21(12-28)23(33-25)27-11-19(9)22(29)26-24(27)30/h11,15-18,20-21,23,28H,12-14H2,1-10H3,(H,26,29,30)/t20-,21?,23-/m1/s1. The second-order valence-corrected chi connectivity index (χ2v) is 20.8. The number of aliphatic hydroxyl groups excluding tert-OH is 1. The van der Waals surface area contributed by atoms with Gasteiger partial charge in [-0.1, -0.05) is 62.3 Å². The Kier molecular flexibility index (Phi) is 8.66. The SMILES string of the molecule is Cc1cn([C@@H]2OC3(CO[Si](C(C)C)(C(C)C)O[Si](C(C)C)(C(C)C)OC3)[C@H](C)C2CO)c(=O)[nH]c1=O. The Bertz CT molecular complexity index is 990. The van der Waals surface area contributed by atoms with Crippen molar-refractivity contribution in [2.75, 3.05) is 19.8 Å². The molecule has 9 nitrogen and oxygen atoms in total. The number of aliphatic hydroxyl groups is 1. The van der Waals surface area contributed by atoms with Gasteiger partial charge in [0.05, 0.1) is 19.8 Å². The van der Waals surface area contributed by atoms with E-state index >= 15 is 0 Å². The minimum atomic E-state index is -2.79. The Morgan fingerprint density at radius 3 is 1.89 bits per heavy atom. The highest BCUT2D eigenvalue weighted by Gasteiger charge is 2.62. The average molecular weight is 543 g/mol. The monoisotopic (exact) mass is 542 g/mol. The van der Waals surface area contributed by atoms with E-state index in [2.05, 4.69) is 60.4 Å². The number of aromatic nitrogens is 2. The lowest BCUT2D eigenvalue weighted by Gasteiger charge is -2.52. The van der Waals surface area contributed by atoms with Crippen molar-refractivity contribution in [3.05, 3.63) is 32.6 Å². The number of H-pyrrole nitrogens is 1. The van der Waals surface area contributed by atoms with Crippen LogP contribution >= 0.6 is 0 Å². The maximum atomic E-state index is 12.8. The molecule has 0 saturated carbocycles. The first-order chi connectivity index (χ1) is 16.7. The van der Waals surface area contributed by atoms with E-state index in [0.29, 0.717) is 5.56 Å². The summed E-state index contributed by atoms with van der Waals surface area (Å²) in [6.07, 6.45) is 0.750. The maximum Gasteiger partial charge on any atom is 0.334 e. The normalized spacial score (nSPS) is 27.8. The highest BCUT2D eigenvalue weighted by atomic mass is 28.5. The molecule has 0 amide bonds. The van der Waals surface area contributed by atoms with Crippen molar-refractivity contribution in [3.8, 4) is 0 Å². The lowest BCUT2D eigenvalue weighted by Crippen LogP contribution is -2.66. The predicted molar refractivity (Wildman–Crippen MR) is 144 cm³/mol. The van der Waals surface area contributed by atoms with Gasteiger partial charge in [0, 0.05) is 17.7 Å². The first kappa shape index (κ1) is 29.5. The van der Waals surface area contributed by atoms with Crippen molar-refractivity contribution < 1.29 is 22.8 Å². The molecule has 1 aromatic rings. The number of nitrogens with one attached hydrogen (secondary N) is 1. The van der Waals surface area contributed by atoms with Crippen molar-refractivity contribution in [3.63, 3.8) is 0 Å². The highest BCUT2D eigenvalue weighted by Crippen LogP contribution is 2.51. The van der Waals surface area contributed by atoms with Crippen LogP contribution in [0.15, 0.2) is 15.8 Å². The van der Waals surface area contributed by atoms with E-state index < -0.39 is 40.2 Å². The van der Waals surface area contributed by atoms with E-state index in [1.54, 1.807) is 6.92 Å². The molecule has 2 saturated heterocycles. The number of aromatic amines is 1. The van der Waals surface area contributed by atoms with Crippen molar-refractivity contribution in [1.82, 2.24) is 9.55 Å². The van der Waals surface area contributed by atoms with Gasteiger partial charge in [0.15, 0.2) is 0 Å². The largest absolute Gasteiger partial charge is 0.414 e. The van der Waals surface area contributed by atoms with Gasteiger partial charge in [-0.25, -0.2) is 4.79 Å². The first-order valence-electron chi connectivity index (χ1n) is 13.3. The van der Waals surface area contributed by atoms with Gasteiger partial charge >= 0.3 is 22.8 Å². The van der Waals surface area contributed by atoms with Crippen LogP contribution in [-0.4, -0.2) is 57.2 Å².